The Bertz CT molecular complexity index is 902. The lowest BCUT2D eigenvalue weighted by Gasteiger charge is -2.15. The Morgan fingerprint density at radius 1 is 1.24 bits per heavy atom. The molecule has 1 fully saturated rings. The number of hydrogen-bond donors (Lipinski definition) is 1. The van der Waals surface area contributed by atoms with Crippen LogP contribution in [0.25, 0.3) is 10.4 Å². The lowest BCUT2D eigenvalue weighted by atomic mass is 10.2. The largest absolute Gasteiger partial charge is 0.491 e. The second kappa shape index (κ2) is 14.5. The summed E-state index contributed by atoms with van der Waals surface area (Å²) in [5.74, 6) is -1.88. The van der Waals surface area contributed by atoms with Crippen molar-refractivity contribution in [3.05, 3.63) is 40.3 Å². The van der Waals surface area contributed by atoms with Gasteiger partial charge < -0.3 is 24.4 Å². The van der Waals surface area contributed by atoms with Gasteiger partial charge in [0.15, 0.2) is 6.23 Å². The van der Waals surface area contributed by atoms with Crippen LogP contribution in [0.1, 0.15) is 43.0 Å². The summed E-state index contributed by atoms with van der Waals surface area (Å²) in [7, 11) is 0. The third kappa shape index (κ3) is 9.06. The molecule has 3 amide bonds. The van der Waals surface area contributed by atoms with E-state index >= 15 is 0 Å². The fraction of sp³-hybridized carbons (Fsp3) is 0.524. The first-order chi connectivity index (χ1) is 16.4. The quantitative estimate of drug-likeness (QED) is 0.131. The average molecular weight is 477 g/mol. The van der Waals surface area contributed by atoms with Crippen LogP contribution in [0.5, 0.6) is 5.75 Å². The molecule has 1 unspecified atom stereocenters. The first kappa shape index (κ1) is 26.6. The van der Waals surface area contributed by atoms with E-state index in [4.69, 9.17) is 19.7 Å². The minimum Gasteiger partial charge on any atom is -0.491 e. The molecule has 13 heteroatoms. The van der Waals surface area contributed by atoms with Crippen LogP contribution in [0.15, 0.2) is 29.4 Å². The van der Waals surface area contributed by atoms with Crippen molar-refractivity contribution < 1.29 is 38.2 Å². The number of amides is 3. The van der Waals surface area contributed by atoms with Crippen LogP contribution in [0, 0.1) is 0 Å². The Morgan fingerprint density at radius 3 is 2.71 bits per heavy atom. The van der Waals surface area contributed by atoms with E-state index in [-0.39, 0.29) is 38.6 Å². The Kier molecular flexibility index (Phi) is 11.3. The average Bonchev–Trinajstić information content (AvgIpc) is 3.14. The van der Waals surface area contributed by atoms with E-state index < -0.39 is 30.6 Å². The maximum Gasteiger partial charge on any atom is 0.358 e. The normalized spacial score (nSPS) is 13.9. The molecule has 0 spiro atoms. The molecular formula is C21H27N5O8. The van der Waals surface area contributed by atoms with Gasteiger partial charge in [-0.05, 0) is 30.2 Å². The number of carbonyl (C=O) groups is 4. The zero-order chi connectivity index (χ0) is 24.8. The Labute approximate surface area is 195 Å². The number of hydrogen-bond acceptors (Lipinski definition) is 9. The Hall–Kier alpha value is -3.67. The maximum atomic E-state index is 12.2. The van der Waals surface area contributed by atoms with Gasteiger partial charge in [0.2, 0.25) is 0 Å². The fourth-order valence-electron chi connectivity index (χ4n) is 2.73. The predicted molar refractivity (Wildman–Crippen MR) is 116 cm³/mol. The molecule has 1 aliphatic rings. The number of unbranched alkanes of at least 4 members (excludes halogenated alkanes) is 1. The van der Waals surface area contributed by atoms with Gasteiger partial charge in [-0.25, -0.2) is 4.79 Å². The van der Waals surface area contributed by atoms with E-state index in [1.165, 1.54) is 0 Å². The number of ether oxygens (including phenoxy) is 3. The second-order valence-electron chi connectivity index (χ2n) is 7.08. The van der Waals surface area contributed by atoms with E-state index in [2.05, 4.69) is 20.2 Å². The molecule has 1 heterocycles. The highest BCUT2D eigenvalue weighted by Crippen LogP contribution is 2.15. The van der Waals surface area contributed by atoms with E-state index in [0.717, 1.165) is 12.8 Å². The van der Waals surface area contributed by atoms with Crippen molar-refractivity contribution in [2.45, 2.75) is 38.8 Å². The first-order valence-electron chi connectivity index (χ1n) is 10.8. The SMILES string of the molecule is CCCCNC(=O)c1cccc(OCC(N=[N+]=[N-])OCCOCC(=O)ON2C(=O)CCC2=O)c1. The third-order valence-corrected chi connectivity index (χ3v) is 4.44. The summed E-state index contributed by atoms with van der Waals surface area (Å²) < 4.78 is 16.0. The summed E-state index contributed by atoms with van der Waals surface area (Å²) >= 11 is 0. The summed E-state index contributed by atoms with van der Waals surface area (Å²) in [4.78, 5) is 54.0. The van der Waals surface area contributed by atoms with Gasteiger partial charge in [-0.2, -0.15) is 0 Å². The van der Waals surface area contributed by atoms with Crippen LogP contribution in [-0.2, 0) is 28.7 Å². The summed E-state index contributed by atoms with van der Waals surface area (Å²) in [6.07, 6.45) is 0.873. The van der Waals surface area contributed by atoms with Gasteiger partial charge in [0.25, 0.3) is 17.7 Å². The number of carbonyl (C=O) groups excluding carboxylic acids is 4. The Morgan fingerprint density at radius 2 is 2.00 bits per heavy atom. The molecule has 184 valence electrons. The van der Waals surface area contributed by atoms with Crippen molar-refractivity contribution >= 4 is 23.7 Å². The molecular weight excluding hydrogens is 450 g/mol. The standard InChI is InChI=1S/C21H27N5O8/c1-2-3-9-23-21(30)15-5-4-6-16(12-15)33-13-17(24-25-22)32-11-10-31-14-20(29)34-26-18(27)7-8-19(26)28/h4-6,12,17H,2-3,7-11,13-14H2,1H3,(H,23,30). The number of nitrogens with one attached hydrogen (secondary N) is 1. The van der Waals surface area contributed by atoms with Gasteiger partial charge in [-0.1, -0.05) is 24.5 Å². The second-order valence-corrected chi connectivity index (χ2v) is 7.08. The predicted octanol–water partition coefficient (Wildman–Crippen LogP) is 1.87. The molecule has 1 aliphatic heterocycles. The first-order valence-corrected chi connectivity index (χ1v) is 10.8. The highest BCUT2D eigenvalue weighted by Gasteiger charge is 2.32. The highest BCUT2D eigenvalue weighted by molar-refractivity contribution is 6.01. The monoisotopic (exact) mass is 477 g/mol. The molecule has 0 bridgehead atoms. The molecule has 0 aliphatic carbocycles. The van der Waals surface area contributed by atoms with Crippen molar-refractivity contribution in [2.24, 2.45) is 5.11 Å². The van der Waals surface area contributed by atoms with Gasteiger partial charge >= 0.3 is 5.97 Å². The van der Waals surface area contributed by atoms with Crippen molar-refractivity contribution in [3.63, 3.8) is 0 Å². The minimum atomic E-state index is -0.984. The van der Waals surface area contributed by atoms with Gasteiger partial charge in [-0.15, -0.1) is 5.06 Å². The van der Waals surface area contributed by atoms with Crippen molar-refractivity contribution in [1.82, 2.24) is 10.4 Å². The van der Waals surface area contributed by atoms with E-state index in [1.807, 2.05) is 6.92 Å². The molecule has 1 aromatic carbocycles. The topological polar surface area (TPSA) is 169 Å². The van der Waals surface area contributed by atoms with E-state index in [9.17, 15) is 19.2 Å². The molecule has 2 rings (SSSR count). The van der Waals surface area contributed by atoms with Crippen molar-refractivity contribution in [1.29, 1.82) is 0 Å². The van der Waals surface area contributed by atoms with Gasteiger partial charge in [0.05, 0.1) is 13.2 Å². The summed E-state index contributed by atoms with van der Waals surface area (Å²) in [6.45, 7) is 1.90. The number of benzene rings is 1. The molecule has 13 nitrogen and oxygen atoms in total. The fourth-order valence-corrected chi connectivity index (χ4v) is 2.73. The van der Waals surface area contributed by atoms with E-state index in [1.54, 1.807) is 24.3 Å². The smallest absolute Gasteiger partial charge is 0.358 e. The van der Waals surface area contributed by atoms with E-state index in [0.29, 0.717) is 22.9 Å². The number of hydroxylamine groups is 2. The van der Waals surface area contributed by atoms with Crippen LogP contribution in [0.4, 0.5) is 0 Å². The van der Waals surface area contributed by atoms with Gasteiger partial charge in [0, 0.05) is 29.9 Å². The molecule has 0 radical (unpaired) electrons. The molecule has 0 aromatic heterocycles. The van der Waals surface area contributed by atoms with Crippen LogP contribution in [0.2, 0.25) is 0 Å². The molecule has 1 atom stereocenters. The molecule has 0 saturated carbocycles. The van der Waals surface area contributed by atoms with Crippen LogP contribution >= 0.6 is 0 Å². The molecule has 1 saturated heterocycles. The van der Waals surface area contributed by atoms with Crippen LogP contribution in [-0.4, -0.2) is 68.0 Å². The van der Waals surface area contributed by atoms with Crippen LogP contribution in [0.3, 0.4) is 0 Å². The minimum absolute atomic E-state index is 0.000128. The van der Waals surface area contributed by atoms with Gasteiger partial charge in [0.1, 0.15) is 19.0 Å². The number of imide groups is 1. The third-order valence-electron chi connectivity index (χ3n) is 4.44. The van der Waals surface area contributed by atoms with Crippen molar-refractivity contribution in [3.8, 4) is 5.75 Å². The highest BCUT2D eigenvalue weighted by atomic mass is 16.7. The lowest BCUT2D eigenvalue weighted by molar-refractivity contribution is -0.200. The van der Waals surface area contributed by atoms with Crippen molar-refractivity contribution in [2.75, 3.05) is 33.0 Å². The summed E-state index contributed by atoms with van der Waals surface area (Å²) in [6, 6.07) is 6.55. The summed E-state index contributed by atoms with van der Waals surface area (Å²) in [5.41, 5.74) is 9.16. The van der Waals surface area contributed by atoms with Crippen LogP contribution < -0.4 is 10.1 Å². The number of rotatable bonds is 15. The zero-order valence-corrected chi connectivity index (χ0v) is 18.8. The maximum absolute atomic E-state index is 12.2. The molecule has 1 aromatic rings. The number of nitrogens with zero attached hydrogens (tertiary/aromatic N) is 4. The zero-order valence-electron chi connectivity index (χ0n) is 18.8. The number of azide groups is 1. The Balaban J connectivity index is 1.70. The molecule has 1 N–H and O–H groups in total. The van der Waals surface area contributed by atoms with Gasteiger partial charge in [-0.3, -0.25) is 14.4 Å². The molecule has 34 heavy (non-hydrogen) atoms. The lowest BCUT2D eigenvalue weighted by Crippen LogP contribution is -2.33. The summed E-state index contributed by atoms with van der Waals surface area (Å²) in [5, 5.41) is 6.74.